The largest absolute Gasteiger partial charge is 0.471 e. The van der Waals surface area contributed by atoms with Gasteiger partial charge in [-0.25, -0.2) is 23.4 Å². The Labute approximate surface area is 184 Å². The maximum atomic E-state index is 13.1. The highest BCUT2D eigenvalue weighted by Crippen LogP contribution is 2.31. The van der Waals surface area contributed by atoms with Crippen molar-refractivity contribution in [3.8, 4) is 5.88 Å². The Morgan fingerprint density at radius 2 is 1.84 bits per heavy atom. The van der Waals surface area contributed by atoms with Crippen molar-refractivity contribution >= 4 is 10.0 Å². The van der Waals surface area contributed by atoms with Crippen LogP contribution in [0.4, 0.5) is 13.2 Å². The molecule has 0 aromatic carbocycles. The fraction of sp³-hybridized carbons (Fsp3) is 0.632. The first-order chi connectivity index (χ1) is 15.0. The van der Waals surface area contributed by atoms with Gasteiger partial charge in [-0.05, 0) is 31.8 Å². The van der Waals surface area contributed by atoms with Crippen molar-refractivity contribution in [3.05, 3.63) is 30.6 Å². The van der Waals surface area contributed by atoms with Crippen LogP contribution < -0.4 is 4.74 Å². The molecule has 0 N–H and O–H groups in total. The van der Waals surface area contributed by atoms with Crippen molar-refractivity contribution in [2.24, 2.45) is 13.0 Å². The van der Waals surface area contributed by atoms with E-state index in [9.17, 15) is 21.6 Å². The number of piperidine rings is 1. The average molecular weight is 475 g/mol. The molecule has 0 bridgehead atoms. The number of ether oxygens (including phenoxy) is 1. The summed E-state index contributed by atoms with van der Waals surface area (Å²) in [5, 5.41) is -0.0759. The van der Waals surface area contributed by atoms with E-state index in [4.69, 9.17) is 4.74 Å². The Balaban J connectivity index is 1.59. The monoisotopic (exact) mass is 474 g/mol. The Kier molecular flexibility index (Phi) is 6.16. The van der Waals surface area contributed by atoms with Gasteiger partial charge >= 0.3 is 6.18 Å². The first-order valence-electron chi connectivity index (χ1n) is 10.3. The van der Waals surface area contributed by atoms with Crippen LogP contribution in [0.1, 0.15) is 25.5 Å². The molecule has 32 heavy (non-hydrogen) atoms. The molecule has 2 aromatic rings. The van der Waals surface area contributed by atoms with Crippen molar-refractivity contribution in [3.63, 3.8) is 0 Å². The van der Waals surface area contributed by atoms with Gasteiger partial charge < -0.3 is 9.30 Å². The molecule has 0 spiro atoms. The van der Waals surface area contributed by atoms with Crippen LogP contribution in [0.25, 0.3) is 0 Å². The van der Waals surface area contributed by atoms with E-state index in [1.54, 1.807) is 11.6 Å². The molecule has 4 heterocycles. The normalized spacial score (nSPS) is 24.2. The summed E-state index contributed by atoms with van der Waals surface area (Å²) >= 11 is 0. The zero-order valence-electron chi connectivity index (χ0n) is 17.7. The second-order valence-corrected chi connectivity index (χ2v) is 10.3. The number of aromatic nitrogens is 4. The number of likely N-dealkylation sites (tertiary alicyclic amines) is 1. The second kappa shape index (κ2) is 8.60. The number of rotatable bonds is 5. The minimum atomic E-state index is -4.63. The second-order valence-electron chi connectivity index (χ2n) is 8.38. The lowest BCUT2D eigenvalue weighted by Crippen LogP contribution is -2.48. The van der Waals surface area contributed by atoms with Gasteiger partial charge in [-0.3, -0.25) is 4.90 Å². The molecular formula is C19H25F3N6O3S. The molecule has 2 atom stereocenters. The molecule has 2 aliphatic rings. The third-order valence-corrected chi connectivity index (χ3v) is 7.70. The summed E-state index contributed by atoms with van der Waals surface area (Å²) in [6.45, 7) is 3.84. The van der Waals surface area contributed by atoms with Crippen LogP contribution in [0.2, 0.25) is 0 Å². The predicted molar refractivity (Wildman–Crippen MR) is 107 cm³/mol. The van der Waals surface area contributed by atoms with Gasteiger partial charge in [0.15, 0.2) is 10.7 Å². The molecule has 0 radical (unpaired) electrons. The zero-order valence-corrected chi connectivity index (χ0v) is 18.6. The molecule has 2 fully saturated rings. The van der Waals surface area contributed by atoms with E-state index in [0.717, 1.165) is 38.3 Å². The maximum Gasteiger partial charge on any atom is 0.433 e. The van der Waals surface area contributed by atoms with E-state index in [0.29, 0.717) is 5.92 Å². The van der Waals surface area contributed by atoms with Crippen molar-refractivity contribution in [2.45, 2.75) is 43.1 Å². The minimum absolute atomic E-state index is 0.0129. The van der Waals surface area contributed by atoms with E-state index < -0.39 is 28.0 Å². The van der Waals surface area contributed by atoms with E-state index in [2.05, 4.69) is 26.8 Å². The number of halogens is 3. The van der Waals surface area contributed by atoms with Gasteiger partial charge in [0.05, 0.1) is 18.9 Å². The van der Waals surface area contributed by atoms with Crippen molar-refractivity contribution in [2.75, 3.05) is 26.2 Å². The van der Waals surface area contributed by atoms with Crippen LogP contribution >= 0.6 is 0 Å². The highest BCUT2D eigenvalue weighted by molar-refractivity contribution is 7.89. The summed E-state index contributed by atoms with van der Waals surface area (Å²) in [5.74, 6) is 0.335. The number of imidazole rings is 1. The summed E-state index contributed by atoms with van der Waals surface area (Å²) in [6, 6.07) is 0.427. The lowest BCUT2D eigenvalue weighted by Gasteiger charge is -2.36. The molecule has 2 aliphatic heterocycles. The fourth-order valence-corrected chi connectivity index (χ4v) is 5.55. The SMILES string of the molecule is CC1CCN([C@H]2CN(S(=O)(=O)c3cn(C)cn3)C[C@@H]2Oc2cc(C(F)(F)F)ncn2)CC1. The lowest BCUT2D eigenvalue weighted by molar-refractivity contribution is -0.141. The highest BCUT2D eigenvalue weighted by Gasteiger charge is 2.45. The molecular weight excluding hydrogens is 449 g/mol. The zero-order chi connectivity index (χ0) is 23.1. The molecule has 0 saturated carbocycles. The van der Waals surface area contributed by atoms with Gasteiger partial charge in [-0.15, -0.1) is 0 Å². The number of hydrogen-bond donors (Lipinski definition) is 0. The molecule has 0 aliphatic carbocycles. The number of sulfonamides is 1. The maximum absolute atomic E-state index is 13.1. The number of aryl methyl sites for hydroxylation is 1. The third kappa shape index (κ3) is 4.74. The van der Waals surface area contributed by atoms with Crippen LogP contribution in [-0.2, 0) is 23.2 Å². The summed E-state index contributed by atoms with van der Waals surface area (Å²) in [6.07, 6.45) is 0.226. The molecule has 0 amide bonds. The van der Waals surface area contributed by atoms with Crippen LogP contribution in [-0.4, -0.2) is 75.5 Å². The van der Waals surface area contributed by atoms with Gasteiger partial charge in [0.25, 0.3) is 10.0 Å². The van der Waals surface area contributed by atoms with Gasteiger partial charge in [-0.1, -0.05) is 6.92 Å². The molecule has 9 nitrogen and oxygen atoms in total. The molecule has 4 rings (SSSR count). The van der Waals surface area contributed by atoms with Crippen molar-refractivity contribution in [1.29, 1.82) is 0 Å². The third-order valence-electron chi connectivity index (χ3n) is 5.98. The Hall–Kier alpha value is -2.25. The van der Waals surface area contributed by atoms with Gasteiger partial charge in [0, 0.05) is 25.9 Å². The predicted octanol–water partition coefficient (Wildman–Crippen LogP) is 1.78. The average Bonchev–Trinajstić information content (AvgIpc) is 3.36. The molecule has 2 saturated heterocycles. The van der Waals surface area contributed by atoms with Crippen molar-refractivity contribution < 1.29 is 26.3 Å². The van der Waals surface area contributed by atoms with Gasteiger partial charge in [-0.2, -0.15) is 17.5 Å². The number of nitrogens with zero attached hydrogens (tertiary/aromatic N) is 6. The topological polar surface area (TPSA) is 93.5 Å². The smallest absolute Gasteiger partial charge is 0.433 e. The molecule has 176 valence electrons. The quantitative estimate of drug-likeness (QED) is 0.652. The summed E-state index contributed by atoms with van der Waals surface area (Å²) in [5.41, 5.74) is -1.11. The molecule has 13 heteroatoms. The first kappa shape index (κ1) is 22.9. The molecule has 2 aromatic heterocycles. The van der Waals surface area contributed by atoms with E-state index in [-0.39, 0.29) is 30.0 Å². The number of hydrogen-bond acceptors (Lipinski definition) is 7. The number of alkyl halides is 3. The first-order valence-corrected chi connectivity index (χ1v) is 11.8. The Morgan fingerprint density at radius 1 is 1.12 bits per heavy atom. The van der Waals surface area contributed by atoms with E-state index >= 15 is 0 Å². The Morgan fingerprint density at radius 3 is 2.47 bits per heavy atom. The summed E-state index contributed by atoms with van der Waals surface area (Å²) in [4.78, 5) is 13.2. The van der Waals surface area contributed by atoms with Crippen LogP contribution in [0, 0.1) is 5.92 Å². The molecule has 0 unspecified atom stereocenters. The fourth-order valence-electron chi connectivity index (χ4n) is 4.11. The highest BCUT2D eigenvalue weighted by atomic mass is 32.2. The van der Waals surface area contributed by atoms with Gasteiger partial charge in [0.1, 0.15) is 12.4 Å². The van der Waals surface area contributed by atoms with E-state index in [1.807, 2.05) is 0 Å². The summed E-state index contributed by atoms with van der Waals surface area (Å²) < 4.78 is 74.0. The Bertz CT molecular complexity index is 1050. The summed E-state index contributed by atoms with van der Waals surface area (Å²) in [7, 11) is -2.20. The van der Waals surface area contributed by atoms with Crippen LogP contribution in [0.15, 0.2) is 29.9 Å². The minimum Gasteiger partial charge on any atom is -0.471 e. The standard InChI is InChI=1S/C19H25F3N6O3S/c1-13-3-5-27(6-4-13)14-8-28(32(29,30)18-10-26(2)12-25-18)9-15(14)31-17-7-16(19(20,21)22)23-11-24-17/h7,10-15H,3-6,8-9H2,1-2H3/t14-,15-/m0/s1. The van der Waals surface area contributed by atoms with Crippen molar-refractivity contribution in [1.82, 2.24) is 28.7 Å². The van der Waals surface area contributed by atoms with Gasteiger partial charge in [0.2, 0.25) is 5.88 Å². The van der Waals surface area contributed by atoms with E-state index in [1.165, 1.54) is 16.8 Å². The van der Waals surface area contributed by atoms with Crippen LogP contribution in [0.3, 0.4) is 0 Å². The van der Waals surface area contributed by atoms with Crippen LogP contribution in [0.5, 0.6) is 5.88 Å². The lowest BCUT2D eigenvalue weighted by atomic mass is 9.97.